The van der Waals surface area contributed by atoms with Gasteiger partial charge in [0.15, 0.2) is 5.78 Å². The van der Waals surface area contributed by atoms with E-state index in [1.807, 2.05) is 20.8 Å². The molecule has 0 amide bonds. The first-order valence-corrected chi connectivity index (χ1v) is 7.08. The molecule has 110 valence electrons. The van der Waals surface area contributed by atoms with Gasteiger partial charge in [-0.3, -0.25) is 4.79 Å². The van der Waals surface area contributed by atoms with Crippen molar-refractivity contribution in [1.82, 2.24) is 0 Å². The smallest absolute Gasteiger partial charge is 0.163 e. The van der Waals surface area contributed by atoms with Crippen molar-refractivity contribution >= 4 is 5.78 Å². The number of benzene rings is 1. The van der Waals surface area contributed by atoms with E-state index in [2.05, 4.69) is 6.07 Å². The average Bonchev–Trinajstić information content (AvgIpc) is 2.49. The van der Waals surface area contributed by atoms with E-state index >= 15 is 0 Å². The lowest BCUT2D eigenvalue weighted by Crippen LogP contribution is -2.26. The van der Waals surface area contributed by atoms with Crippen LogP contribution in [0.5, 0.6) is 5.75 Å². The van der Waals surface area contributed by atoms with Crippen LogP contribution < -0.4 is 4.74 Å². The van der Waals surface area contributed by atoms with Crippen molar-refractivity contribution in [1.29, 1.82) is 0 Å². The molecule has 3 heteroatoms. The monoisotopic (exact) mass is 276 g/mol. The largest absolute Gasteiger partial charge is 0.486 e. The standard InChI is InChI=1S/C17H24O3/c1-10-7-12-8-17(5,6)20-15(12)14(11(2)18)13(10)9-16(3,4)19/h7,19H,8-9H2,1-6H3. The van der Waals surface area contributed by atoms with Crippen LogP contribution in [-0.4, -0.2) is 22.1 Å². The van der Waals surface area contributed by atoms with Crippen LogP contribution in [0, 0.1) is 6.92 Å². The Morgan fingerprint density at radius 1 is 1.45 bits per heavy atom. The molecule has 0 saturated carbocycles. The van der Waals surface area contributed by atoms with Gasteiger partial charge >= 0.3 is 0 Å². The van der Waals surface area contributed by atoms with E-state index in [1.54, 1.807) is 20.8 Å². The van der Waals surface area contributed by atoms with Crippen LogP contribution in [0.1, 0.15) is 61.7 Å². The third kappa shape index (κ3) is 2.88. The third-order valence-electron chi connectivity index (χ3n) is 3.64. The summed E-state index contributed by atoms with van der Waals surface area (Å²) in [7, 11) is 0. The zero-order valence-corrected chi connectivity index (χ0v) is 13.3. The minimum Gasteiger partial charge on any atom is -0.486 e. The SMILES string of the molecule is CC(=O)c1c(CC(C)(C)O)c(C)cc2c1OC(C)(C)C2. The minimum atomic E-state index is -0.850. The number of Topliss-reactive ketones (excluding diaryl/α,β-unsaturated/α-hetero) is 1. The zero-order chi connectivity index (χ0) is 15.3. The lowest BCUT2D eigenvalue weighted by Gasteiger charge is -2.23. The van der Waals surface area contributed by atoms with E-state index in [0.717, 1.165) is 23.1 Å². The van der Waals surface area contributed by atoms with Gasteiger partial charge in [0.2, 0.25) is 0 Å². The lowest BCUT2D eigenvalue weighted by atomic mass is 9.87. The quantitative estimate of drug-likeness (QED) is 0.862. The Bertz CT molecular complexity index is 563. The summed E-state index contributed by atoms with van der Waals surface area (Å²) in [5, 5.41) is 10.1. The minimum absolute atomic E-state index is 0.00176. The van der Waals surface area contributed by atoms with E-state index in [1.165, 1.54) is 0 Å². The molecular formula is C17H24O3. The van der Waals surface area contributed by atoms with Crippen LogP contribution in [0.15, 0.2) is 6.07 Å². The summed E-state index contributed by atoms with van der Waals surface area (Å²) < 4.78 is 5.99. The van der Waals surface area contributed by atoms with Crippen molar-refractivity contribution in [3.05, 3.63) is 28.3 Å². The maximum atomic E-state index is 12.1. The number of hydrogen-bond acceptors (Lipinski definition) is 3. The number of fused-ring (bicyclic) bond motifs is 1. The Morgan fingerprint density at radius 2 is 2.05 bits per heavy atom. The fourth-order valence-electron chi connectivity index (χ4n) is 2.96. The second-order valence-electron chi connectivity index (χ2n) is 7.12. The third-order valence-corrected chi connectivity index (χ3v) is 3.64. The molecule has 2 rings (SSSR count). The summed E-state index contributed by atoms with van der Waals surface area (Å²) in [4.78, 5) is 12.1. The first kappa shape index (κ1) is 15.0. The summed E-state index contributed by atoms with van der Waals surface area (Å²) >= 11 is 0. The summed E-state index contributed by atoms with van der Waals surface area (Å²) in [5.41, 5.74) is 2.58. The molecule has 0 bridgehead atoms. The molecule has 1 aromatic rings. The summed E-state index contributed by atoms with van der Waals surface area (Å²) in [6.45, 7) is 11.1. The van der Waals surface area contributed by atoms with E-state index in [0.29, 0.717) is 17.7 Å². The number of aliphatic hydroxyl groups is 1. The maximum Gasteiger partial charge on any atom is 0.163 e. The molecule has 0 radical (unpaired) electrons. The molecule has 0 aromatic heterocycles. The molecule has 20 heavy (non-hydrogen) atoms. The molecule has 0 atom stereocenters. The summed E-state index contributed by atoms with van der Waals surface area (Å²) in [6.07, 6.45) is 1.26. The molecule has 1 heterocycles. The van der Waals surface area contributed by atoms with Gasteiger partial charge < -0.3 is 9.84 Å². The van der Waals surface area contributed by atoms with Crippen LogP contribution in [0.3, 0.4) is 0 Å². The van der Waals surface area contributed by atoms with Crippen molar-refractivity contribution in [2.75, 3.05) is 0 Å². The van der Waals surface area contributed by atoms with Crippen LogP contribution >= 0.6 is 0 Å². The molecule has 0 spiro atoms. The highest BCUT2D eigenvalue weighted by Gasteiger charge is 2.35. The lowest BCUT2D eigenvalue weighted by molar-refractivity contribution is 0.0801. The predicted octanol–water partition coefficient (Wildman–Crippen LogP) is 3.22. The van der Waals surface area contributed by atoms with Crippen molar-refractivity contribution in [2.24, 2.45) is 0 Å². The van der Waals surface area contributed by atoms with Gasteiger partial charge in [-0.2, -0.15) is 0 Å². The van der Waals surface area contributed by atoms with Gasteiger partial charge in [-0.25, -0.2) is 0 Å². The molecule has 3 nitrogen and oxygen atoms in total. The fraction of sp³-hybridized carbons (Fsp3) is 0.588. The summed E-state index contributed by atoms with van der Waals surface area (Å²) in [6, 6.07) is 2.09. The first-order valence-electron chi connectivity index (χ1n) is 7.08. The highest BCUT2D eigenvalue weighted by atomic mass is 16.5. The average molecular weight is 276 g/mol. The number of ether oxygens (including phenoxy) is 1. The van der Waals surface area contributed by atoms with Gasteiger partial charge in [0.25, 0.3) is 0 Å². The molecule has 0 aliphatic carbocycles. The molecule has 0 unspecified atom stereocenters. The van der Waals surface area contributed by atoms with Crippen LogP contribution in [0.25, 0.3) is 0 Å². The van der Waals surface area contributed by atoms with Crippen molar-refractivity contribution in [2.45, 2.75) is 65.6 Å². The second-order valence-corrected chi connectivity index (χ2v) is 7.12. The van der Waals surface area contributed by atoms with Crippen molar-refractivity contribution in [3.8, 4) is 5.75 Å². The molecule has 1 aliphatic heterocycles. The summed E-state index contributed by atoms with van der Waals surface area (Å²) in [5.74, 6) is 0.717. The molecule has 0 saturated heterocycles. The number of rotatable bonds is 3. The number of hydrogen-bond donors (Lipinski definition) is 1. The van der Waals surface area contributed by atoms with Crippen LogP contribution in [0.4, 0.5) is 0 Å². The van der Waals surface area contributed by atoms with Crippen LogP contribution in [-0.2, 0) is 12.8 Å². The van der Waals surface area contributed by atoms with Gasteiger partial charge in [0.05, 0.1) is 11.2 Å². The highest BCUT2D eigenvalue weighted by molar-refractivity contribution is 5.99. The Morgan fingerprint density at radius 3 is 2.55 bits per heavy atom. The van der Waals surface area contributed by atoms with E-state index in [4.69, 9.17) is 4.74 Å². The molecule has 1 aromatic carbocycles. The molecule has 1 aliphatic rings. The fourth-order valence-corrected chi connectivity index (χ4v) is 2.96. The highest BCUT2D eigenvalue weighted by Crippen LogP contribution is 2.41. The topological polar surface area (TPSA) is 46.5 Å². The first-order chi connectivity index (χ1) is 9.00. The van der Waals surface area contributed by atoms with Gasteiger partial charge in [-0.05, 0) is 58.2 Å². The Labute approximate surface area is 121 Å². The zero-order valence-electron chi connectivity index (χ0n) is 13.3. The normalized spacial score (nSPS) is 16.8. The second kappa shape index (κ2) is 4.59. The van der Waals surface area contributed by atoms with Gasteiger partial charge in [0.1, 0.15) is 11.4 Å². The number of ketones is 1. The number of aryl methyl sites for hydroxylation is 1. The van der Waals surface area contributed by atoms with Crippen molar-refractivity contribution in [3.63, 3.8) is 0 Å². The van der Waals surface area contributed by atoms with Gasteiger partial charge in [0, 0.05) is 12.8 Å². The Hall–Kier alpha value is -1.35. The van der Waals surface area contributed by atoms with E-state index < -0.39 is 5.60 Å². The molecular weight excluding hydrogens is 252 g/mol. The maximum absolute atomic E-state index is 12.1. The molecule has 1 N–H and O–H groups in total. The Balaban J connectivity index is 2.63. The van der Waals surface area contributed by atoms with Gasteiger partial charge in [-0.1, -0.05) is 6.07 Å². The van der Waals surface area contributed by atoms with E-state index in [9.17, 15) is 9.90 Å². The number of carbonyl (C=O) groups excluding carboxylic acids is 1. The van der Waals surface area contributed by atoms with Gasteiger partial charge in [-0.15, -0.1) is 0 Å². The van der Waals surface area contributed by atoms with Crippen molar-refractivity contribution < 1.29 is 14.6 Å². The molecule has 0 fully saturated rings. The van der Waals surface area contributed by atoms with E-state index in [-0.39, 0.29) is 11.4 Å². The Kier molecular flexibility index (Phi) is 3.45. The predicted molar refractivity (Wildman–Crippen MR) is 79.6 cm³/mol. The van der Waals surface area contributed by atoms with Crippen LogP contribution in [0.2, 0.25) is 0 Å². The number of carbonyl (C=O) groups is 1.